The Morgan fingerprint density at radius 3 is 2.67 bits per heavy atom. The maximum Gasteiger partial charge on any atom is 0.255 e. The summed E-state index contributed by atoms with van der Waals surface area (Å²) in [5.74, 6) is -0.213. The van der Waals surface area contributed by atoms with Gasteiger partial charge in [0.2, 0.25) is 5.91 Å². The van der Waals surface area contributed by atoms with Crippen molar-refractivity contribution in [2.24, 2.45) is 0 Å². The van der Waals surface area contributed by atoms with Gasteiger partial charge >= 0.3 is 0 Å². The summed E-state index contributed by atoms with van der Waals surface area (Å²) in [4.78, 5) is 25.2. The number of fused-ring (bicyclic) bond motifs is 1. The molecule has 24 heavy (non-hydrogen) atoms. The Kier molecular flexibility index (Phi) is 4.90. The van der Waals surface area contributed by atoms with Crippen molar-refractivity contribution in [1.82, 2.24) is 0 Å². The van der Waals surface area contributed by atoms with E-state index in [1.807, 2.05) is 37.3 Å². The molecule has 4 nitrogen and oxygen atoms in total. The van der Waals surface area contributed by atoms with Gasteiger partial charge < -0.3 is 10.6 Å². The SMILES string of the molecule is CCCc1ccc(NC(=O)c2ccc3c(c2)NC(=O)C(C)S3)cc1. The summed E-state index contributed by atoms with van der Waals surface area (Å²) in [6.45, 7) is 4.01. The first kappa shape index (κ1) is 16.6. The summed E-state index contributed by atoms with van der Waals surface area (Å²) in [6.07, 6.45) is 2.14. The number of thioether (sulfide) groups is 1. The molecule has 0 bridgehead atoms. The van der Waals surface area contributed by atoms with Crippen molar-refractivity contribution in [1.29, 1.82) is 0 Å². The highest BCUT2D eigenvalue weighted by molar-refractivity contribution is 8.00. The monoisotopic (exact) mass is 340 g/mol. The first-order valence-corrected chi connectivity index (χ1v) is 8.96. The van der Waals surface area contributed by atoms with Gasteiger partial charge in [0, 0.05) is 16.1 Å². The third kappa shape index (κ3) is 3.62. The first-order chi connectivity index (χ1) is 11.6. The fourth-order valence-corrected chi connectivity index (χ4v) is 3.53. The molecule has 2 N–H and O–H groups in total. The molecule has 0 aliphatic carbocycles. The van der Waals surface area contributed by atoms with Crippen LogP contribution in [-0.2, 0) is 11.2 Å². The molecule has 1 aliphatic rings. The van der Waals surface area contributed by atoms with Gasteiger partial charge in [0.25, 0.3) is 5.91 Å². The van der Waals surface area contributed by atoms with Gasteiger partial charge in [-0.2, -0.15) is 0 Å². The number of carbonyl (C=O) groups excluding carboxylic acids is 2. The van der Waals surface area contributed by atoms with Crippen LogP contribution in [-0.4, -0.2) is 17.1 Å². The van der Waals surface area contributed by atoms with Gasteiger partial charge in [0.15, 0.2) is 0 Å². The minimum absolute atomic E-state index is 0.0310. The molecule has 2 aromatic carbocycles. The highest BCUT2D eigenvalue weighted by Gasteiger charge is 2.23. The molecule has 0 saturated carbocycles. The average molecular weight is 340 g/mol. The minimum Gasteiger partial charge on any atom is -0.324 e. The van der Waals surface area contributed by atoms with Crippen LogP contribution in [0.5, 0.6) is 0 Å². The van der Waals surface area contributed by atoms with E-state index in [-0.39, 0.29) is 17.1 Å². The summed E-state index contributed by atoms with van der Waals surface area (Å²) < 4.78 is 0. The molecule has 2 amide bonds. The van der Waals surface area contributed by atoms with Crippen LogP contribution < -0.4 is 10.6 Å². The average Bonchev–Trinajstić information content (AvgIpc) is 2.57. The molecule has 5 heteroatoms. The Bertz CT molecular complexity index is 771. The normalized spacial score (nSPS) is 16.2. The van der Waals surface area contributed by atoms with E-state index in [9.17, 15) is 9.59 Å². The second-order valence-electron chi connectivity index (χ2n) is 5.86. The van der Waals surface area contributed by atoms with Crippen LogP contribution in [0.4, 0.5) is 11.4 Å². The zero-order valence-corrected chi connectivity index (χ0v) is 14.6. The molecule has 3 rings (SSSR count). The Morgan fingerprint density at radius 2 is 1.96 bits per heavy atom. The number of amides is 2. The van der Waals surface area contributed by atoms with Crippen LogP contribution in [0.1, 0.15) is 36.2 Å². The van der Waals surface area contributed by atoms with E-state index >= 15 is 0 Å². The Labute approximate surface area is 146 Å². The predicted octanol–water partition coefficient (Wildman–Crippen LogP) is 4.32. The van der Waals surface area contributed by atoms with E-state index in [1.54, 1.807) is 12.1 Å². The summed E-state index contributed by atoms with van der Waals surface area (Å²) in [7, 11) is 0. The van der Waals surface area contributed by atoms with Crippen LogP contribution in [0.15, 0.2) is 47.4 Å². The van der Waals surface area contributed by atoms with Crippen molar-refractivity contribution in [2.75, 3.05) is 10.6 Å². The number of nitrogens with one attached hydrogen (secondary N) is 2. The molecule has 0 saturated heterocycles. The van der Waals surface area contributed by atoms with Gasteiger partial charge in [-0.3, -0.25) is 9.59 Å². The molecule has 1 heterocycles. The third-order valence-electron chi connectivity index (χ3n) is 3.92. The Hall–Kier alpha value is -2.27. The van der Waals surface area contributed by atoms with Crippen LogP contribution in [0.2, 0.25) is 0 Å². The summed E-state index contributed by atoms with van der Waals surface area (Å²) in [5, 5.41) is 5.63. The van der Waals surface area contributed by atoms with Crippen molar-refractivity contribution in [2.45, 2.75) is 36.8 Å². The highest BCUT2D eigenvalue weighted by Crippen LogP contribution is 2.36. The van der Waals surface area contributed by atoms with Crippen molar-refractivity contribution in [3.8, 4) is 0 Å². The fourth-order valence-electron chi connectivity index (χ4n) is 2.60. The van der Waals surface area contributed by atoms with E-state index < -0.39 is 0 Å². The molecule has 1 unspecified atom stereocenters. The number of aryl methyl sites for hydroxylation is 1. The number of benzene rings is 2. The third-order valence-corrected chi connectivity index (χ3v) is 5.10. The Balaban J connectivity index is 1.73. The summed E-state index contributed by atoms with van der Waals surface area (Å²) in [5.41, 5.74) is 3.26. The van der Waals surface area contributed by atoms with Crippen LogP contribution in [0, 0.1) is 0 Å². The summed E-state index contributed by atoms with van der Waals surface area (Å²) in [6, 6.07) is 13.3. The molecular weight excluding hydrogens is 320 g/mol. The number of carbonyl (C=O) groups is 2. The largest absolute Gasteiger partial charge is 0.324 e. The molecule has 0 spiro atoms. The summed E-state index contributed by atoms with van der Waals surface area (Å²) >= 11 is 1.51. The quantitative estimate of drug-likeness (QED) is 0.871. The van der Waals surface area contributed by atoms with Gasteiger partial charge in [0.1, 0.15) is 0 Å². The number of rotatable bonds is 4. The molecular formula is C19H20N2O2S. The maximum atomic E-state index is 12.4. The van der Waals surface area contributed by atoms with Crippen molar-refractivity contribution in [3.05, 3.63) is 53.6 Å². The van der Waals surface area contributed by atoms with E-state index in [1.165, 1.54) is 17.3 Å². The smallest absolute Gasteiger partial charge is 0.255 e. The molecule has 124 valence electrons. The molecule has 0 fully saturated rings. The zero-order valence-electron chi connectivity index (χ0n) is 13.8. The van der Waals surface area contributed by atoms with Gasteiger partial charge in [-0.1, -0.05) is 25.5 Å². The lowest BCUT2D eigenvalue weighted by atomic mass is 10.1. The van der Waals surface area contributed by atoms with Crippen molar-refractivity contribution in [3.63, 3.8) is 0 Å². The Morgan fingerprint density at radius 1 is 1.21 bits per heavy atom. The van der Waals surface area contributed by atoms with Crippen molar-refractivity contribution < 1.29 is 9.59 Å². The number of anilines is 2. The second-order valence-corrected chi connectivity index (χ2v) is 7.24. The lowest BCUT2D eigenvalue weighted by Gasteiger charge is -2.21. The zero-order chi connectivity index (χ0) is 17.1. The molecule has 0 radical (unpaired) electrons. The predicted molar refractivity (Wildman–Crippen MR) is 98.8 cm³/mol. The minimum atomic E-state index is -0.182. The van der Waals surface area contributed by atoms with Gasteiger partial charge in [-0.15, -0.1) is 11.8 Å². The van der Waals surface area contributed by atoms with Gasteiger partial charge in [0.05, 0.1) is 10.9 Å². The number of hydrogen-bond acceptors (Lipinski definition) is 3. The van der Waals surface area contributed by atoms with E-state index in [0.717, 1.165) is 23.4 Å². The topological polar surface area (TPSA) is 58.2 Å². The van der Waals surface area contributed by atoms with Gasteiger partial charge in [-0.05, 0) is 49.2 Å². The molecule has 0 aromatic heterocycles. The van der Waals surface area contributed by atoms with Gasteiger partial charge in [-0.25, -0.2) is 0 Å². The molecule has 2 aromatic rings. The highest BCUT2D eigenvalue weighted by atomic mass is 32.2. The van der Waals surface area contributed by atoms with E-state index in [0.29, 0.717) is 11.3 Å². The van der Waals surface area contributed by atoms with Crippen LogP contribution in [0.25, 0.3) is 0 Å². The van der Waals surface area contributed by atoms with E-state index in [4.69, 9.17) is 0 Å². The van der Waals surface area contributed by atoms with Crippen LogP contribution >= 0.6 is 11.8 Å². The lowest BCUT2D eigenvalue weighted by molar-refractivity contribution is -0.115. The second kappa shape index (κ2) is 7.09. The van der Waals surface area contributed by atoms with Crippen molar-refractivity contribution >= 4 is 35.0 Å². The fraction of sp³-hybridized carbons (Fsp3) is 0.263. The number of hydrogen-bond donors (Lipinski definition) is 2. The molecule has 1 aliphatic heterocycles. The lowest BCUT2D eigenvalue weighted by Crippen LogP contribution is -2.26. The maximum absolute atomic E-state index is 12.4. The first-order valence-electron chi connectivity index (χ1n) is 8.08. The van der Waals surface area contributed by atoms with Crippen LogP contribution in [0.3, 0.4) is 0 Å². The molecule has 1 atom stereocenters. The van der Waals surface area contributed by atoms with E-state index in [2.05, 4.69) is 17.6 Å². The standard InChI is InChI=1S/C19H20N2O2S/c1-3-4-13-5-8-15(9-6-13)20-19(23)14-7-10-17-16(11-14)21-18(22)12(2)24-17/h5-12H,3-4H2,1-2H3,(H,20,23)(H,21,22).